The molecule has 1 fully saturated rings. The van der Waals surface area contributed by atoms with Crippen molar-refractivity contribution in [2.75, 3.05) is 11.6 Å². The van der Waals surface area contributed by atoms with Crippen molar-refractivity contribution in [2.24, 2.45) is 0 Å². The smallest absolute Gasteiger partial charge is 0.329 e. The molecule has 0 atom stereocenters. The molecule has 0 aliphatic heterocycles. The van der Waals surface area contributed by atoms with Crippen molar-refractivity contribution < 1.29 is 9.90 Å². The molecule has 0 radical (unpaired) electrons. The minimum Gasteiger partial charge on any atom is -0.480 e. The molecular weight excluding hydrogens is 236 g/mol. The maximum absolute atomic E-state index is 11.1. The van der Waals surface area contributed by atoms with Crippen LogP contribution in [0, 0.1) is 11.3 Å². The Morgan fingerprint density at radius 3 is 2.76 bits per heavy atom. The molecule has 0 unspecified atom stereocenters. The number of nitrogens with zero attached hydrogens (tertiary/aromatic N) is 1. The van der Waals surface area contributed by atoms with Gasteiger partial charge in [0.25, 0.3) is 0 Å². The Bertz CT molecular complexity index is 504. The second-order valence-electron chi connectivity index (χ2n) is 4.01. The Morgan fingerprint density at radius 1 is 1.59 bits per heavy atom. The van der Waals surface area contributed by atoms with Crippen LogP contribution in [0.1, 0.15) is 18.4 Å². The van der Waals surface area contributed by atoms with Gasteiger partial charge in [-0.05, 0) is 31.2 Å². The number of benzene rings is 1. The summed E-state index contributed by atoms with van der Waals surface area (Å²) in [6, 6.07) is 7.56. The van der Waals surface area contributed by atoms with E-state index in [2.05, 4.69) is 11.4 Å². The first kappa shape index (κ1) is 11.8. The number of hydrogen-bond donors (Lipinski definition) is 2. The lowest BCUT2D eigenvalue weighted by Gasteiger charge is -2.16. The molecule has 1 aliphatic rings. The molecule has 1 aromatic rings. The van der Waals surface area contributed by atoms with Gasteiger partial charge in [0.2, 0.25) is 0 Å². The molecule has 2 rings (SSSR count). The zero-order valence-electron chi connectivity index (χ0n) is 9.36. The minimum absolute atomic E-state index is 0.521. The fourth-order valence-electron chi connectivity index (χ4n) is 1.70. The van der Waals surface area contributed by atoms with Crippen LogP contribution in [0.15, 0.2) is 23.1 Å². The van der Waals surface area contributed by atoms with E-state index in [1.165, 1.54) is 11.8 Å². The molecule has 0 aromatic heterocycles. The molecule has 2 N–H and O–H groups in total. The Hall–Kier alpha value is -1.67. The van der Waals surface area contributed by atoms with E-state index in [-0.39, 0.29) is 0 Å². The predicted octanol–water partition coefficient (Wildman–Crippen LogP) is 2.31. The fourth-order valence-corrected chi connectivity index (χ4v) is 2.27. The van der Waals surface area contributed by atoms with E-state index in [4.69, 9.17) is 10.4 Å². The number of carboxylic acids is 1. The summed E-state index contributed by atoms with van der Waals surface area (Å²) in [6.07, 6.45) is 3.11. The van der Waals surface area contributed by atoms with Crippen molar-refractivity contribution in [1.82, 2.24) is 0 Å². The van der Waals surface area contributed by atoms with Crippen LogP contribution in [0.2, 0.25) is 0 Å². The molecule has 1 aromatic carbocycles. The summed E-state index contributed by atoms with van der Waals surface area (Å²) in [5.74, 6) is -0.851. The fraction of sp³-hybridized carbons (Fsp3) is 0.333. The van der Waals surface area contributed by atoms with Crippen LogP contribution in [-0.2, 0) is 4.79 Å². The number of carboxylic acid groups (broad SMARTS) is 1. The number of nitriles is 1. The first-order valence-electron chi connectivity index (χ1n) is 5.21. The summed E-state index contributed by atoms with van der Waals surface area (Å²) >= 11 is 1.48. The number of anilines is 1. The Labute approximate surface area is 104 Å². The maximum atomic E-state index is 11.1. The quantitative estimate of drug-likeness (QED) is 0.800. The molecule has 0 bridgehead atoms. The first-order valence-corrected chi connectivity index (χ1v) is 6.44. The third-order valence-electron chi connectivity index (χ3n) is 2.89. The third kappa shape index (κ3) is 2.08. The van der Waals surface area contributed by atoms with E-state index < -0.39 is 11.5 Å². The van der Waals surface area contributed by atoms with Gasteiger partial charge in [-0.1, -0.05) is 6.07 Å². The van der Waals surface area contributed by atoms with Gasteiger partial charge in [0.1, 0.15) is 11.6 Å². The SMILES string of the molecule is CSc1cccc(NC2(C(=O)O)CC2)c1C#N. The molecular formula is C12H12N2O2S. The lowest BCUT2D eigenvalue weighted by atomic mass is 10.1. The Balaban J connectivity index is 2.34. The van der Waals surface area contributed by atoms with Gasteiger partial charge in [0, 0.05) is 4.90 Å². The predicted molar refractivity (Wildman–Crippen MR) is 66.2 cm³/mol. The van der Waals surface area contributed by atoms with Gasteiger partial charge in [0.15, 0.2) is 0 Å². The van der Waals surface area contributed by atoms with Crippen LogP contribution in [-0.4, -0.2) is 22.9 Å². The Kier molecular flexibility index (Phi) is 2.99. The lowest BCUT2D eigenvalue weighted by molar-refractivity contribution is -0.138. The second-order valence-corrected chi connectivity index (χ2v) is 4.85. The number of carbonyl (C=O) groups is 1. The minimum atomic E-state index is -0.859. The van der Waals surface area contributed by atoms with E-state index in [0.717, 1.165) is 4.90 Å². The van der Waals surface area contributed by atoms with Gasteiger partial charge in [0.05, 0.1) is 11.3 Å². The number of thioether (sulfide) groups is 1. The van der Waals surface area contributed by atoms with Gasteiger partial charge in [-0.2, -0.15) is 5.26 Å². The summed E-state index contributed by atoms with van der Waals surface area (Å²) in [7, 11) is 0. The molecule has 0 heterocycles. The zero-order valence-corrected chi connectivity index (χ0v) is 10.2. The van der Waals surface area contributed by atoms with Crippen molar-refractivity contribution in [3.05, 3.63) is 23.8 Å². The van der Waals surface area contributed by atoms with Crippen LogP contribution >= 0.6 is 11.8 Å². The summed E-state index contributed by atoms with van der Waals surface area (Å²) < 4.78 is 0. The van der Waals surface area contributed by atoms with Crippen molar-refractivity contribution in [3.63, 3.8) is 0 Å². The lowest BCUT2D eigenvalue weighted by Crippen LogP contribution is -2.31. The van der Waals surface area contributed by atoms with Crippen molar-refractivity contribution in [2.45, 2.75) is 23.3 Å². The molecule has 1 aliphatic carbocycles. The molecule has 17 heavy (non-hydrogen) atoms. The van der Waals surface area contributed by atoms with E-state index in [1.54, 1.807) is 6.07 Å². The average molecular weight is 248 g/mol. The zero-order chi connectivity index (χ0) is 12.5. The van der Waals surface area contributed by atoms with Crippen molar-refractivity contribution in [1.29, 1.82) is 5.26 Å². The van der Waals surface area contributed by atoms with Gasteiger partial charge in [-0.3, -0.25) is 0 Å². The van der Waals surface area contributed by atoms with Crippen LogP contribution in [0.4, 0.5) is 5.69 Å². The second kappa shape index (κ2) is 4.30. The highest BCUT2D eigenvalue weighted by Crippen LogP contribution is 2.40. The van der Waals surface area contributed by atoms with Crippen molar-refractivity contribution >= 4 is 23.4 Å². The first-order chi connectivity index (χ1) is 8.13. The van der Waals surface area contributed by atoms with Crippen LogP contribution in [0.25, 0.3) is 0 Å². The molecule has 0 saturated heterocycles. The summed E-state index contributed by atoms with van der Waals surface area (Å²) in [5.41, 5.74) is 0.273. The molecule has 4 nitrogen and oxygen atoms in total. The monoisotopic (exact) mass is 248 g/mol. The Morgan fingerprint density at radius 2 is 2.29 bits per heavy atom. The molecule has 0 amide bonds. The average Bonchev–Trinajstić information content (AvgIpc) is 3.09. The summed E-state index contributed by atoms with van der Waals surface area (Å²) in [6.45, 7) is 0. The van der Waals surface area contributed by atoms with Crippen molar-refractivity contribution in [3.8, 4) is 6.07 Å². The van der Waals surface area contributed by atoms with Gasteiger partial charge >= 0.3 is 5.97 Å². The standard InChI is InChI=1S/C12H12N2O2S/c1-17-10-4-2-3-9(8(10)7-13)14-12(5-6-12)11(15)16/h2-4,14H,5-6H2,1H3,(H,15,16). The summed E-state index contributed by atoms with van der Waals surface area (Å²) in [5, 5.41) is 21.2. The molecule has 1 saturated carbocycles. The maximum Gasteiger partial charge on any atom is 0.329 e. The largest absolute Gasteiger partial charge is 0.480 e. The third-order valence-corrected chi connectivity index (χ3v) is 3.67. The molecule has 88 valence electrons. The van der Waals surface area contributed by atoms with Gasteiger partial charge in [-0.15, -0.1) is 11.8 Å². The highest BCUT2D eigenvalue weighted by atomic mass is 32.2. The van der Waals surface area contributed by atoms with E-state index in [1.807, 2.05) is 18.4 Å². The normalized spacial score (nSPS) is 16.0. The number of rotatable bonds is 4. The topological polar surface area (TPSA) is 73.1 Å². The van der Waals surface area contributed by atoms with Crippen LogP contribution < -0.4 is 5.32 Å². The number of hydrogen-bond acceptors (Lipinski definition) is 4. The van der Waals surface area contributed by atoms with E-state index in [9.17, 15) is 4.79 Å². The highest BCUT2D eigenvalue weighted by molar-refractivity contribution is 7.98. The number of aliphatic carboxylic acids is 1. The number of nitrogens with one attached hydrogen (secondary N) is 1. The highest BCUT2D eigenvalue weighted by Gasteiger charge is 2.50. The van der Waals surface area contributed by atoms with E-state index >= 15 is 0 Å². The van der Waals surface area contributed by atoms with Crippen LogP contribution in [0.5, 0.6) is 0 Å². The molecule has 5 heteroatoms. The van der Waals surface area contributed by atoms with Gasteiger partial charge < -0.3 is 10.4 Å². The van der Waals surface area contributed by atoms with Gasteiger partial charge in [-0.25, -0.2) is 4.79 Å². The molecule has 0 spiro atoms. The summed E-state index contributed by atoms with van der Waals surface area (Å²) in [4.78, 5) is 12.0. The van der Waals surface area contributed by atoms with E-state index in [0.29, 0.717) is 24.1 Å². The van der Waals surface area contributed by atoms with Crippen LogP contribution in [0.3, 0.4) is 0 Å².